The van der Waals surface area contributed by atoms with E-state index < -0.39 is 5.41 Å². The van der Waals surface area contributed by atoms with Crippen LogP contribution in [0.1, 0.15) is 72.1 Å². The fourth-order valence-electron chi connectivity index (χ4n) is 3.80. The summed E-state index contributed by atoms with van der Waals surface area (Å²) in [6, 6.07) is 0.351. The number of nitrogens with two attached hydrogens (primary N) is 1. The van der Waals surface area contributed by atoms with Gasteiger partial charge in [0.25, 0.3) is 0 Å². The van der Waals surface area contributed by atoms with Gasteiger partial charge in [-0.05, 0) is 31.6 Å². The van der Waals surface area contributed by atoms with Crippen LogP contribution in [-0.2, 0) is 4.79 Å². The van der Waals surface area contributed by atoms with Gasteiger partial charge in [0.05, 0.1) is 10.4 Å². The average molecular weight is 313 g/mol. The van der Waals surface area contributed by atoms with E-state index >= 15 is 0 Å². The minimum atomic E-state index is -0.631. The van der Waals surface area contributed by atoms with E-state index in [0.717, 1.165) is 38.5 Å². The second-order valence-electron chi connectivity index (χ2n) is 6.79. The molecule has 2 N–H and O–H groups in total. The highest BCUT2D eigenvalue weighted by atomic mass is 32.1. The van der Waals surface area contributed by atoms with Gasteiger partial charge in [0.1, 0.15) is 0 Å². The summed E-state index contributed by atoms with van der Waals surface area (Å²) in [5, 5.41) is 0. The van der Waals surface area contributed by atoms with Crippen molar-refractivity contribution in [1.29, 1.82) is 0 Å². The molecule has 2 unspecified atom stereocenters. The summed E-state index contributed by atoms with van der Waals surface area (Å²) in [6.45, 7) is 6.47. The van der Waals surface area contributed by atoms with Gasteiger partial charge in [-0.25, -0.2) is 0 Å². The molecule has 0 spiro atoms. The van der Waals surface area contributed by atoms with Crippen molar-refractivity contribution in [1.82, 2.24) is 4.90 Å². The smallest absolute Gasteiger partial charge is 0.235 e. The Kier molecular flexibility index (Phi) is 7.11. The molecule has 0 radical (unpaired) electrons. The molecule has 1 aliphatic rings. The summed E-state index contributed by atoms with van der Waals surface area (Å²) in [5.41, 5.74) is 5.39. The van der Waals surface area contributed by atoms with E-state index in [0.29, 0.717) is 16.9 Å². The van der Waals surface area contributed by atoms with Crippen molar-refractivity contribution in [3.8, 4) is 0 Å². The van der Waals surface area contributed by atoms with Gasteiger partial charge in [-0.3, -0.25) is 4.79 Å². The van der Waals surface area contributed by atoms with E-state index in [1.54, 1.807) is 0 Å². The van der Waals surface area contributed by atoms with E-state index in [1.165, 1.54) is 12.8 Å². The molecule has 0 aromatic rings. The summed E-state index contributed by atoms with van der Waals surface area (Å²) < 4.78 is 0. The summed E-state index contributed by atoms with van der Waals surface area (Å²) in [4.78, 5) is 15.5. The number of hydrogen-bond acceptors (Lipinski definition) is 2. The van der Waals surface area contributed by atoms with Crippen molar-refractivity contribution in [2.45, 2.75) is 78.2 Å². The Bertz CT molecular complexity index is 364. The highest BCUT2D eigenvalue weighted by Gasteiger charge is 2.43. The highest BCUT2D eigenvalue weighted by molar-refractivity contribution is 7.80. The van der Waals surface area contributed by atoms with Gasteiger partial charge in [0.15, 0.2) is 0 Å². The first-order chi connectivity index (χ1) is 9.89. The molecule has 0 aliphatic heterocycles. The molecule has 1 rings (SSSR count). The lowest BCUT2D eigenvalue weighted by Gasteiger charge is -2.40. The number of thiocarbonyl (C=S) groups is 1. The zero-order valence-corrected chi connectivity index (χ0v) is 15.0. The van der Waals surface area contributed by atoms with Crippen molar-refractivity contribution in [3.05, 3.63) is 0 Å². The zero-order valence-electron chi connectivity index (χ0n) is 14.2. The largest absolute Gasteiger partial charge is 0.392 e. The molecular formula is C17H32N2OS. The van der Waals surface area contributed by atoms with Gasteiger partial charge in [-0.1, -0.05) is 58.7 Å². The third-order valence-corrected chi connectivity index (χ3v) is 5.40. The molecule has 4 heteroatoms. The lowest BCUT2D eigenvalue weighted by atomic mass is 9.76. The van der Waals surface area contributed by atoms with Crippen molar-refractivity contribution in [3.63, 3.8) is 0 Å². The predicted octanol–water partition coefficient (Wildman–Crippen LogP) is 3.90. The van der Waals surface area contributed by atoms with Crippen LogP contribution in [0.3, 0.4) is 0 Å². The number of carbonyl (C=O) groups is 1. The van der Waals surface area contributed by atoms with E-state index in [2.05, 4.69) is 20.8 Å². The minimum absolute atomic E-state index is 0.151. The molecule has 1 aliphatic carbocycles. The summed E-state index contributed by atoms with van der Waals surface area (Å²) in [5.74, 6) is 0.855. The molecule has 2 atom stereocenters. The van der Waals surface area contributed by atoms with Crippen LogP contribution in [0.5, 0.6) is 0 Å². The zero-order chi connectivity index (χ0) is 16.0. The van der Waals surface area contributed by atoms with Crippen LogP contribution in [0.4, 0.5) is 0 Å². The molecular weight excluding hydrogens is 280 g/mol. The Morgan fingerprint density at radius 1 is 1.29 bits per heavy atom. The highest BCUT2D eigenvalue weighted by Crippen LogP contribution is 2.35. The first-order valence-corrected chi connectivity index (χ1v) is 8.87. The maximum atomic E-state index is 13.2. The van der Waals surface area contributed by atoms with Gasteiger partial charge in [-0.2, -0.15) is 0 Å². The van der Waals surface area contributed by atoms with Crippen LogP contribution < -0.4 is 5.73 Å². The van der Waals surface area contributed by atoms with Gasteiger partial charge >= 0.3 is 0 Å². The maximum Gasteiger partial charge on any atom is 0.235 e. The second-order valence-corrected chi connectivity index (χ2v) is 7.23. The summed E-state index contributed by atoms with van der Waals surface area (Å²) in [6.07, 6.45) is 8.10. The number of rotatable bonds is 7. The fourth-order valence-corrected chi connectivity index (χ4v) is 4.09. The molecule has 21 heavy (non-hydrogen) atoms. The SMILES string of the molecule is CCCC(CCC)(C(=O)N(C)C1CCCC(C)C1)C(N)=S. The first-order valence-electron chi connectivity index (χ1n) is 8.46. The van der Waals surface area contributed by atoms with Crippen LogP contribution >= 0.6 is 12.2 Å². The third kappa shape index (κ3) is 4.18. The van der Waals surface area contributed by atoms with Crippen LogP contribution in [-0.4, -0.2) is 28.9 Å². The number of carbonyl (C=O) groups excluding carboxylic acids is 1. The Morgan fingerprint density at radius 2 is 1.86 bits per heavy atom. The second kappa shape index (κ2) is 8.11. The first kappa shape index (κ1) is 18.4. The molecule has 122 valence electrons. The Labute approximate surface area is 135 Å². The quantitative estimate of drug-likeness (QED) is 0.725. The standard InChI is InChI=1S/C17H32N2OS/c1-5-10-17(11-6-2,15(18)21)16(20)19(4)14-9-7-8-13(3)12-14/h13-14H,5-12H2,1-4H3,(H2,18,21). The molecule has 0 saturated heterocycles. The van der Waals surface area contributed by atoms with E-state index in [9.17, 15) is 4.79 Å². The fraction of sp³-hybridized carbons (Fsp3) is 0.882. The number of nitrogens with zero attached hydrogens (tertiary/aromatic N) is 1. The lowest BCUT2D eigenvalue weighted by Crippen LogP contribution is -2.53. The summed E-state index contributed by atoms with van der Waals surface area (Å²) in [7, 11) is 1.95. The Hall–Kier alpha value is -0.640. The van der Waals surface area contributed by atoms with Crippen molar-refractivity contribution < 1.29 is 4.79 Å². The average Bonchev–Trinajstić information content (AvgIpc) is 2.45. The van der Waals surface area contributed by atoms with Crippen molar-refractivity contribution in [2.24, 2.45) is 17.1 Å². The van der Waals surface area contributed by atoms with Crippen molar-refractivity contribution >= 4 is 23.1 Å². The summed E-state index contributed by atoms with van der Waals surface area (Å²) >= 11 is 5.31. The molecule has 0 bridgehead atoms. The van der Waals surface area contributed by atoms with Crippen LogP contribution in [0.15, 0.2) is 0 Å². The van der Waals surface area contributed by atoms with E-state index in [1.807, 2.05) is 11.9 Å². The van der Waals surface area contributed by atoms with E-state index in [-0.39, 0.29) is 5.91 Å². The topological polar surface area (TPSA) is 46.3 Å². The molecule has 0 aromatic carbocycles. The molecule has 1 fully saturated rings. The molecule has 1 amide bonds. The predicted molar refractivity (Wildman–Crippen MR) is 93.2 cm³/mol. The molecule has 0 heterocycles. The number of hydrogen-bond donors (Lipinski definition) is 1. The molecule has 0 aromatic heterocycles. The maximum absolute atomic E-state index is 13.2. The normalized spacial score (nSPS) is 22.9. The third-order valence-electron chi connectivity index (χ3n) is 5.01. The number of amides is 1. The van der Waals surface area contributed by atoms with Crippen molar-refractivity contribution in [2.75, 3.05) is 7.05 Å². The van der Waals surface area contributed by atoms with Gasteiger partial charge in [0.2, 0.25) is 5.91 Å². The van der Waals surface area contributed by atoms with Crippen LogP contribution in [0.25, 0.3) is 0 Å². The van der Waals surface area contributed by atoms with Gasteiger partial charge in [0, 0.05) is 13.1 Å². The molecule has 1 saturated carbocycles. The molecule has 3 nitrogen and oxygen atoms in total. The minimum Gasteiger partial charge on any atom is -0.392 e. The monoisotopic (exact) mass is 312 g/mol. The Morgan fingerprint density at radius 3 is 2.29 bits per heavy atom. The van der Waals surface area contributed by atoms with Gasteiger partial charge in [-0.15, -0.1) is 0 Å². The Balaban J connectivity index is 2.95. The lowest BCUT2D eigenvalue weighted by molar-refractivity contribution is -0.140. The van der Waals surface area contributed by atoms with Crippen LogP contribution in [0, 0.1) is 11.3 Å². The van der Waals surface area contributed by atoms with Gasteiger partial charge < -0.3 is 10.6 Å². The van der Waals surface area contributed by atoms with E-state index in [4.69, 9.17) is 18.0 Å². The van der Waals surface area contributed by atoms with Crippen LogP contribution in [0.2, 0.25) is 0 Å².